The Bertz CT molecular complexity index is 732. The Morgan fingerprint density at radius 2 is 1.94 bits per heavy atom. The molecule has 1 aromatic carbocycles. The zero-order valence-corrected chi connectivity index (χ0v) is 20.2. The van der Waals surface area contributed by atoms with Crippen molar-refractivity contribution in [3.05, 3.63) is 34.9 Å². The molecule has 0 aliphatic carbocycles. The number of rotatable bonds is 5. The van der Waals surface area contributed by atoms with Crippen molar-refractivity contribution in [2.75, 3.05) is 59.9 Å². The standard InChI is InChI=1S/C25H40ClN5/c1-27-25(31-15-11-20(19-31)18-30-13-4-3-5-14-30)28-17-22-9-7-12-29(2)24(22)21-8-6-10-23(26)16-21/h6,8,10,16,20,22,24H,3-5,7,9,11-15,17-19H2,1-2H3,(H,27,28). The molecule has 3 aliphatic heterocycles. The summed E-state index contributed by atoms with van der Waals surface area (Å²) >= 11 is 6.32. The first-order valence-corrected chi connectivity index (χ1v) is 12.7. The minimum Gasteiger partial charge on any atom is -0.356 e. The molecule has 3 unspecified atom stereocenters. The van der Waals surface area contributed by atoms with Crippen LogP contribution in [0, 0.1) is 11.8 Å². The molecule has 1 N–H and O–H groups in total. The maximum atomic E-state index is 6.32. The van der Waals surface area contributed by atoms with E-state index in [-0.39, 0.29) is 0 Å². The maximum Gasteiger partial charge on any atom is 0.193 e. The molecular formula is C25H40ClN5. The van der Waals surface area contributed by atoms with Crippen molar-refractivity contribution < 1.29 is 0 Å². The summed E-state index contributed by atoms with van der Waals surface area (Å²) in [6.07, 6.45) is 7.95. The van der Waals surface area contributed by atoms with Crippen LogP contribution in [0.4, 0.5) is 0 Å². The minimum atomic E-state index is 0.406. The van der Waals surface area contributed by atoms with Gasteiger partial charge in [0.05, 0.1) is 0 Å². The van der Waals surface area contributed by atoms with E-state index in [1.165, 1.54) is 63.7 Å². The van der Waals surface area contributed by atoms with Gasteiger partial charge in [0.15, 0.2) is 5.96 Å². The molecule has 5 nitrogen and oxygen atoms in total. The zero-order chi connectivity index (χ0) is 21.6. The SMILES string of the molecule is CN=C(NCC1CCCN(C)C1c1cccc(Cl)c1)N1CCC(CN2CCCCC2)C1. The quantitative estimate of drug-likeness (QED) is 0.546. The van der Waals surface area contributed by atoms with Crippen molar-refractivity contribution in [3.63, 3.8) is 0 Å². The number of nitrogens with zero attached hydrogens (tertiary/aromatic N) is 4. The van der Waals surface area contributed by atoms with Gasteiger partial charge in [0.1, 0.15) is 0 Å². The third kappa shape index (κ3) is 5.94. The molecule has 0 saturated carbocycles. The van der Waals surface area contributed by atoms with Gasteiger partial charge in [0.2, 0.25) is 0 Å². The van der Waals surface area contributed by atoms with E-state index in [0.717, 1.165) is 43.1 Å². The van der Waals surface area contributed by atoms with E-state index in [4.69, 9.17) is 11.6 Å². The van der Waals surface area contributed by atoms with Gasteiger partial charge < -0.3 is 15.1 Å². The molecule has 0 aromatic heterocycles. The van der Waals surface area contributed by atoms with Crippen LogP contribution >= 0.6 is 11.6 Å². The number of piperidine rings is 2. The van der Waals surface area contributed by atoms with E-state index in [1.807, 2.05) is 13.1 Å². The van der Waals surface area contributed by atoms with Crippen molar-refractivity contribution in [1.82, 2.24) is 20.0 Å². The number of aliphatic imine (C=N–C) groups is 1. The van der Waals surface area contributed by atoms with Crippen LogP contribution < -0.4 is 5.32 Å². The molecule has 0 spiro atoms. The summed E-state index contributed by atoms with van der Waals surface area (Å²) < 4.78 is 0. The van der Waals surface area contributed by atoms with Crippen LogP contribution in [0.25, 0.3) is 0 Å². The van der Waals surface area contributed by atoms with E-state index < -0.39 is 0 Å². The van der Waals surface area contributed by atoms with Crippen molar-refractivity contribution in [2.45, 2.75) is 44.6 Å². The average Bonchev–Trinajstić information content (AvgIpc) is 3.23. The van der Waals surface area contributed by atoms with Gasteiger partial charge in [-0.25, -0.2) is 0 Å². The molecule has 172 valence electrons. The number of hydrogen-bond donors (Lipinski definition) is 1. The molecule has 3 atom stereocenters. The van der Waals surface area contributed by atoms with Gasteiger partial charge >= 0.3 is 0 Å². The highest BCUT2D eigenvalue weighted by Crippen LogP contribution is 2.35. The summed E-state index contributed by atoms with van der Waals surface area (Å²) in [4.78, 5) is 12.3. The fourth-order valence-corrected chi connectivity index (χ4v) is 6.13. The first kappa shape index (κ1) is 22.9. The number of hydrogen-bond acceptors (Lipinski definition) is 3. The van der Waals surface area contributed by atoms with Crippen LogP contribution in [0.1, 0.15) is 50.1 Å². The van der Waals surface area contributed by atoms with Crippen LogP contribution in [-0.4, -0.2) is 80.6 Å². The lowest BCUT2D eigenvalue weighted by Gasteiger charge is -2.40. The Kier molecular flexibility index (Phi) is 8.13. The normalized spacial score (nSPS) is 28.8. The van der Waals surface area contributed by atoms with Gasteiger partial charge in [-0.05, 0) is 88.3 Å². The van der Waals surface area contributed by atoms with Crippen LogP contribution in [0.5, 0.6) is 0 Å². The van der Waals surface area contributed by atoms with Crippen molar-refractivity contribution >= 4 is 17.6 Å². The van der Waals surface area contributed by atoms with E-state index in [2.05, 4.69) is 50.3 Å². The Labute approximate surface area is 193 Å². The molecule has 3 heterocycles. The molecule has 1 aromatic rings. The number of guanidine groups is 1. The highest BCUT2D eigenvalue weighted by Gasteiger charge is 2.32. The van der Waals surface area contributed by atoms with Crippen molar-refractivity contribution in [3.8, 4) is 0 Å². The highest BCUT2D eigenvalue weighted by atomic mass is 35.5. The summed E-state index contributed by atoms with van der Waals surface area (Å²) in [5.74, 6) is 2.41. The van der Waals surface area contributed by atoms with Crippen LogP contribution in [0.2, 0.25) is 5.02 Å². The molecule has 6 heteroatoms. The lowest BCUT2D eigenvalue weighted by Crippen LogP contribution is -2.46. The summed E-state index contributed by atoms with van der Waals surface area (Å²) in [5.41, 5.74) is 1.33. The Morgan fingerprint density at radius 3 is 2.71 bits per heavy atom. The highest BCUT2D eigenvalue weighted by molar-refractivity contribution is 6.30. The molecule has 3 aliphatic rings. The molecule has 0 radical (unpaired) electrons. The second-order valence-corrected chi connectivity index (χ2v) is 10.2. The predicted molar refractivity (Wildman–Crippen MR) is 131 cm³/mol. The Balaban J connectivity index is 1.33. The second kappa shape index (κ2) is 11.0. The van der Waals surface area contributed by atoms with Gasteiger partial charge in [0.25, 0.3) is 0 Å². The summed E-state index contributed by atoms with van der Waals surface area (Å²) in [6, 6.07) is 8.82. The first-order valence-electron chi connectivity index (χ1n) is 12.3. The van der Waals surface area contributed by atoms with Crippen molar-refractivity contribution in [1.29, 1.82) is 0 Å². The third-order valence-electron chi connectivity index (χ3n) is 7.48. The molecule has 0 bridgehead atoms. The number of halogens is 1. The maximum absolute atomic E-state index is 6.32. The third-order valence-corrected chi connectivity index (χ3v) is 7.72. The van der Waals surface area contributed by atoms with E-state index in [9.17, 15) is 0 Å². The lowest BCUT2D eigenvalue weighted by atomic mass is 9.85. The smallest absolute Gasteiger partial charge is 0.193 e. The number of nitrogens with one attached hydrogen (secondary N) is 1. The first-order chi connectivity index (χ1) is 15.1. The van der Waals surface area contributed by atoms with Gasteiger partial charge in [-0.2, -0.15) is 0 Å². The lowest BCUT2D eigenvalue weighted by molar-refractivity contribution is 0.122. The summed E-state index contributed by atoms with van der Waals surface area (Å²) in [7, 11) is 4.18. The molecular weight excluding hydrogens is 406 g/mol. The molecule has 3 saturated heterocycles. The molecule has 31 heavy (non-hydrogen) atoms. The number of benzene rings is 1. The predicted octanol–water partition coefficient (Wildman–Crippen LogP) is 4.11. The molecule has 0 amide bonds. The van der Waals surface area contributed by atoms with Crippen LogP contribution in [0.3, 0.4) is 0 Å². The molecule has 3 fully saturated rings. The van der Waals surface area contributed by atoms with Gasteiger partial charge in [-0.15, -0.1) is 0 Å². The molecule has 4 rings (SSSR count). The van der Waals surface area contributed by atoms with E-state index in [1.54, 1.807) is 0 Å². The Hall–Kier alpha value is -1.30. The average molecular weight is 446 g/mol. The van der Waals surface area contributed by atoms with Gasteiger partial charge in [-0.3, -0.25) is 9.89 Å². The van der Waals surface area contributed by atoms with Gasteiger partial charge in [0, 0.05) is 44.3 Å². The minimum absolute atomic E-state index is 0.406. The summed E-state index contributed by atoms with van der Waals surface area (Å²) in [6.45, 7) is 8.22. The second-order valence-electron chi connectivity index (χ2n) is 9.77. The Morgan fingerprint density at radius 1 is 1.10 bits per heavy atom. The fraction of sp³-hybridized carbons (Fsp3) is 0.720. The zero-order valence-electron chi connectivity index (χ0n) is 19.4. The topological polar surface area (TPSA) is 34.1 Å². The van der Waals surface area contributed by atoms with E-state index >= 15 is 0 Å². The summed E-state index contributed by atoms with van der Waals surface area (Å²) in [5, 5.41) is 4.57. The van der Waals surface area contributed by atoms with Gasteiger partial charge in [-0.1, -0.05) is 30.2 Å². The monoisotopic (exact) mass is 445 g/mol. The number of likely N-dealkylation sites (tertiary alicyclic amines) is 3. The van der Waals surface area contributed by atoms with Crippen LogP contribution in [-0.2, 0) is 0 Å². The fourth-order valence-electron chi connectivity index (χ4n) is 5.93. The largest absolute Gasteiger partial charge is 0.356 e. The van der Waals surface area contributed by atoms with E-state index in [0.29, 0.717) is 12.0 Å². The van der Waals surface area contributed by atoms with Crippen LogP contribution in [0.15, 0.2) is 29.3 Å². The van der Waals surface area contributed by atoms with Crippen molar-refractivity contribution in [2.24, 2.45) is 16.8 Å².